The Kier molecular flexibility index (Phi) is 3.78. The van der Waals surface area contributed by atoms with E-state index < -0.39 is 0 Å². The topological polar surface area (TPSA) is 50.9 Å². The summed E-state index contributed by atoms with van der Waals surface area (Å²) in [4.78, 5) is 5.71. The number of nitrogens with two attached hydrogens (primary N) is 1. The van der Waals surface area contributed by atoms with Crippen LogP contribution in [0.5, 0.6) is 0 Å². The summed E-state index contributed by atoms with van der Waals surface area (Å²) >= 11 is 1.75. The minimum absolute atomic E-state index is 0.140. The Hall–Kier alpha value is -1.75. The van der Waals surface area contributed by atoms with Gasteiger partial charge in [-0.2, -0.15) is 0 Å². The van der Waals surface area contributed by atoms with Crippen LogP contribution in [0, 0.1) is 6.92 Å². The van der Waals surface area contributed by atoms with Crippen LogP contribution in [0.4, 0.5) is 0 Å². The molecule has 0 bridgehead atoms. The number of rotatable bonds is 4. The number of nitrogens with zero attached hydrogens (tertiary/aromatic N) is 1. The van der Waals surface area contributed by atoms with Crippen molar-refractivity contribution in [3.05, 3.63) is 64.0 Å². The highest BCUT2D eigenvalue weighted by Crippen LogP contribution is 2.28. The number of hydrogen-bond acceptors (Lipinski definition) is 4. The average molecular weight is 283 g/mol. The van der Waals surface area contributed by atoms with Crippen molar-refractivity contribution in [3.8, 4) is 0 Å². The third-order valence-electron chi connectivity index (χ3n) is 3.58. The van der Waals surface area contributed by atoms with E-state index in [0.29, 0.717) is 0 Å². The van der Waals surface area contributed by atoms with Crippen LogP contribution in [0.1, 0.15) is 22.0 Å². The third-order valence-corrected chi connectivity index (χ3v) is 4.72. The lowest BCUT2D eigenvalue weighted by Gasteiger charge is -2.16. The molecule has 0 aliphatic rings. The van der Waals surface area contributed by atoms with E-state index in [-0.39, 0.29) is 6.04 Å². The zero-order valence-electron chi connectivity index (χ0n) is 11.3. The molecule has 3 N–H and O–H groups in total. The van der Waals surface area contributed by atoms with Crippen molar-refractivity contribution >= 4 is 22.2 Å². The Morgan fingerprint density at radius 2 is 2.10 bits per heavy atom. The van der Waals surface area contributed by atoms with Gasteiger partial charge in [0.1, 0.15) is 0 Å². The van der Waals surface area contributed by atoms with E-state index in [4.69, 9.17) is 5.84 Å². The molecule has 0 aliphatic heterocycles. The zero-order chi connectivity index (χ0) is 13.9. The molecule has 0 radical (unpaired) electrons. The van der Waals surface area contributed by atoms with Gasteiger partial charge in [-0.25, -0.2) is 0 Å². The first kappa shape index (κ1) is 13.2. The van der Waals surface area contributed by atoms with Crippen molar-refractivity contribution in [1.29, 1.82) is 0 Å². The first-order valence-corrected chi connectivity index (χ1v) is 7.50. The van der Waals surface area contributed by atoms with Crippen LogP contribution < -0.4 is 11.3 Å². The van der Waals surface area contributed by atoms with Gasteiger partial charge in [-0.3, -0.25) is 16.3 Å². The molecule has 3 nitrogen and oxygen atoms in total. The van der Waals surface area contributed by atoms with Crippen molar-refractivity contribution in [2.24, 2.45) is 5.84 Å². The molecule has 2 aromatic heterocycles. The lowest BCUT2D eigenvalue weighted by Crippen LogP contribution is -2.29. The zero-order valence-corrected chi connectivity index (χ0v) is 12.2. The Labute approximate surface area is 122 Å². The van der Waals surface area contributed by atoms with E-state index in [9.17, 15) is 0 Å². The van der Waals surface area contributed by atoms with Crippen LogP contribution >= 0.6 is 11.3 Å². The van der Waals surface area contributed by atoms with E-state index in [1.165, 1.54) is 21.4 Å². The van der Waals surface area contributed by atoms with Crippen LogP contribution in [0.15, 0.2) is 48.0 Å². The smallest absolute Gasteiger partial charge is 0.0704 e. The van der Waals surface area contributed by atoms with Crippen LogP contribution in [0.3, 0.4) is 0 Å². The minimum atomic E-state index is 0.140. The lowest BCUT2D eigenvalue weighted by molar-refractivity contribution is 0.560. The lowest BCUT2D eigenvalue weighted by atomic mass is 10.00. The molecule has 0 fully saturated rings. The molecule has 0 saturated carbocycles. The molecule has 3 aromatic rings. The first-order valence-electron chi connectivity index (χ1n) is 6.62. The van der Waals surface area contributed by atoms with E-state index in [2.05, 4.69) is 47.0 Å². The summed E-state index contributed by atoms with van der Waals surface area (Å²) in [6, 6.07) is 12.6. The van der Waals surface area contributed by atoms with E-state index in [1.54, 1.807) is 11.3 Å². The SMILES string of the molecule is Cc1ccsc1C(Cc1ccnc2ccccc12)NN. The Balaban J connectivity index is 1.98. The Bertz CT molecular complexity index is 715. The van der Waals surface area contributed by atoms with Gasteiger partial charge in [0, 0.05) is 16.5 Å². The van der Waals surface area contributed by atoms with Gasteiger partial charge in [-0.15, -0.1) is 11.3 Å². The molecule has 102 valence electrons. The summed E-state index contributed by atoms with van der Waals surface area (Å²) in [5.41, 5.74) is 6.54. The van der Waals surface area contributed by atoms with Gasteiger partial charge >= 0.3 is 0 Å². The summed E-state index contributed by atoms with van der Waals surface area (Å²) in [6.45, 7) is 2.13. The summed E-state index contributed by atoms with van der Waals surface area (Å²) in [6.07, 6.45) is 2.73. The second-order valence-electron chi connectivity index (χ2n) is 4.88. The molecule has 0 saturated heterocycles. The second kappa shape index (κ2) is 5.71. The summed E-state index contributed by atoms with van der Waals surface area (Å²) < 4.78 is 0. The summed E-state index contributed by atoms with van der Waals surface area (Å²) in [5.74, 6) is 5.77. The van der Waals surface area contributed by atoms with Crippen molar-refractivity contribution in [2.75, 3.05) is 0 Å². The second-order valence-corrected chi connectivity index (χ2v) is 5.83. The first-order chi connectivity index (χ1) is 9.79. The number of hydrazine groups is 1. The molecule has 1 aromatic carbocycles. The van der Waals surface area contributed by atoms with E-state index >= 15 is 0 Å². The summed E-state index contributed by atoms with van der Waals surface area (Å²) in [7, 11) is 0. The molecule has 20 heavy (non-hydrogen) atoms. The molecule has 1 atom stereocenters. The quantitative estimate of drug-likeness (QED) is 0.570. The normalized spacial score (nSPS) is 12.7. The number of aryl methyl sites for hydroxylation is 1. The highest BCUT2D eigenvalue weighted by atomic mass is 32.1. The minimum Gasteiger partial charge on any atom is -0.271 e. The molecule has 0 spiro atoms. The number of para-hydroxylation sites is 1. The van der Waals surface area contributed by atoms with Crippen LogP contribution in [-0.2, 0) is 6.42 Å². The van der Waals surface area contributed by atoms with E-state index in [0.717, 1.165) is 11.9 Å². The van der Waals surface area contributed by atoms with Crippen molar-refractivity contribution < 1.29 is 0 Å². The molecule has 3 rings (SSSR count). The average Bonchev–Trinajstić information content (AvgIpc) is 2.91. The Morgan fingerprint density at radius 3 is 2.85 bits per heavy atom. The van der Waals surface area contributed by atoms with Gasteiger partial charge in [0.2, 0.25) is 0 Å². The third kappa shape index (κ3) is 2.45. The number of pyridine rings is 1. The Morgan fingerprint density at radius 1 is 1.25 bits per heavy atom. The fourth-order valence-electron chi connectivity index (χ4n) is 2.52. The number of hydrogen-bond donors (Lipinski definition) is 2. The van der Waals surface area contributed by atoms with Crippen molar-refractivity contribution in [2.45, 2.75) is 19.4 Å². The highest BCUT2D eigenvalue weighted by molar-refractivity contribution is 7.10. The number of nitrogens with one attached hydrogen (secondary N) is 1. The fourth-order valence-corrected chi connectivity index (χ4v) is 3.51. The van der Waals surface area contributed by atoms with Gasteiger partial charge in [0.05, 0.1) is 11.6 Å². The van der Waals surface area contributed by atoms with Crippen LogP contribution in [0.25, 0.3) is 10.9 Å². The van der Waals surface area contributed by atoms with Crippen molar-refractivity contribution in [3.63, 3.8) is 0 Å². The largest absolute Gasteiger partial charge is 0.271 e. The van der Waals surface area contributed by atoms with E-state index in [1.807, 2.05) is 18.3 Å². The van der Waals surface area contributed by atoms with Gasteiger partial charge in [0.25, 0.3) is 0 Å². The number of fused-ring (bicyclic) bond motifs is 1. The van der Waals surface area contributed by atoms with Crippen molar-refractivity contribution in [1.82, 2.24) is 10.4 Å². The number of benzene rings is 1. The predicted molar refractivity (Wildman–Crippen MR) is 84.6 cm³/mol. The van der Waals surface area contributed by atoms with Gasteiger partial charge in [0.15, 0.2) is 0 Å². The molecular weight excluding hydrogens is 266 g/mol. The highest BCUT2D eigenvalue weighted by Gasteiger charge is 2.15. The van der Waals surface area contributed by atoms with Gasteiger partial charge in [-0.05, 0) is 48.1 Å². The molecular formula is C16H17N3S. The fraction of sp³-hybridized carbons (Fsp3) is 0.188. The maximum absolute atomic E-state index is 5.77. The summed E-state index contributed by atoms with van der Waals surface area (Å²) in [5, 5.41) is 3.31. The standard InChI is InChI=1S/C16H17N3S/c1-11-7-9-20-16(11)15(19-17)10-12-6-8-18-14-5-3-2-4-13(12)14/h2-9,15,19H,10,17H2,1H3. The molecule has 0 aliphatic carbocycles. The molecule has 4 heteroatoms. The number of aromatic nitrogens is 1. The molecule has 1 unspecified atom stereocenters. The predicted octanol–water partition coefficient (Wildman–Crippen LogP) is 3.35. The van der Waals surface area contributed by atoms with Crippen LogP contribution in [0.2, 0.25) is 0 Å². The van der Waals surface area contributed by atoms with Gasteiger partial charge in [-0.1, -0.05) is 18.2 Å². The number of thiophene rings is 1. The van der Waals surface area contributed by atoms with Gasteiger partial charge < -0.3 is 0 Å². The monoisotopic (exact) mass is 283 g/mol. The maximum atomic E-state index is 5.77. The molecule has 0 amide bonds. The maximum Gasteiger partial charge on any atom is 0.0704 e. The molecule has 2 heterocycles. The van der Waals surface area contributed by atoms with Crippen LogP contribution in [-0.4, -0.2) is 4.98 Å².